The quantitative estimate of drug-likeness (QED) is 0.313. The Kier molecular flexibility index (Phi) is 4.91. The highest BCUT2D eigenvalue weighted by molar-refractivity contribution is 5.80. The van der Waals surface area contributed by atoms with Crippen LogP contribution in [-0.2, 0) is 13.6 Å². The summed E-state index contributed by atoms with van der Waals surface area (Å²) in [6, 6.07) is 3.50. The van der Waals surface area contributed by atoms with Gasteiger partial charge in [-0.2, -0.15) is 10.1 Å². The number of anilines is 1. The molecule has 0 aliphatic carbocycles. The molecule has 0 spiro atoms. The Morgan fingerprint density at radius 3 is 2.81 bits per heavy atom. The number of H-pyrrole nitrogens is 1. The van der Waals surface area contributed by atoms with Crippen LogP contribution in [0.1, 0.15) is 5.56 Å². The second-order valence-electron chi connectivity index (χ2n) is 5.52. The lowest BCUT2D eigenvalue weighted by molar-refractivity contribution is 0.0825. The van der Waals surface area contributed by atoms with Crippen LogP contribution in [0.15, 0.2) is 39.2 Å². The molecular formula is C15H17N7O4. The number of fused-ring (bicyclic) bond motifs is 1. The third-order valence-corrected chi connectivity index (χ3v) is 3.70. The van der Waals surface area contributed by atoms with Crippen LogP contribution >= 0.6 is 0 Å². The van der Waals surface area contributed by atoms with Crippen LogP contribution in [-0.4, -0.2) is 53.2 Å². The fourth-order valence-corrected chi connectivity index (χ4v) is 2.38. The lowest BCUT2D eigenvalue weighted by Gasteiger charge is -2.11. The summed E-state index contributed by atoms with van der Waals surface area (Å²) >= 11 is 0. The number of hydrazone groups is 1. The van der Waals surface area contributed by atoms with E-state index in [0.717, 1.165) is 5.56 Å². The smallest absolute Gasteiger partial charge is 0.329 e. The second kappa shape index (κ2) is 7.29. The lowest BCUT2D eigenvalue weighted by atomic mass is 10.3. The molecule has 4 N–H and O–H groups in total. The first-order valence-corrected chi connectivity index (χ1v) is 7.69. The third-order valence-electron chi connectivity index (χ3n) is 3.70. The molecule has 136 valence electrons. The van der Waals surface area contributed by atoms with E-state index in [1.54, 1.807) is 24.5 Å². The molecule has 11 nitrogen and oxygen atoms in total. The number of imidazole rings is 1. The number of aliphatic hydroxyl groups excluding tert-OH is 2. The molecule has 3 aromatic rings. The van der Waals surface area contributed by atoms with E-state index in [9.17, 15) is 14.7 Å². The molecule has 11 heteroatoms. The van der Waals surface area contributed by atoms with E-state index in [2.05, 4.69) is 25.5 Å². The Bertz CT molecular complexity index is 1050. The Morgan fingerprint density at radius 1 is 1.38 bits per heavy atom. The van der Waals surface area contributed by atoms with Gasteiger partial charge in [-0.3, -0.25) is 19.3 Å². The van der Waals surface area contributed by atoms with Crippen LogP contribution < -0.4 is 16.7 Å². The molecule has 0 aliphatic heterocycles. The highest BCUT2D eigenvalue weighted by Crippen LogP contribution is 2.16. The molecular weight excluding hydrogens is 342 g/mol. The van der Waals surface area contributed by atoms with E-state index in [-0.39, 0.29) is 23.7 Å². The summed E-state index contributed by atoms with van der Waals surface area (Å²) in [5, 5.41) is 22.9. The molecule has 0 saturated heterocycles. The number of nitrogens with zero attached hydrogens (tertiary/aromatic N) is 5. The van der Waals surface area contributed by atoms with Crippen molar-refractivity contribution in [2.24, 2.45) is 12.1 Å². The van der Waals surface area contributed by atoms with E-state index in [1.165, 1.54) is 22.4 Å². The minimum absolute atomic E-state index is 0.0845. The average molecular weight is 359 g/mol. The van der Waals surface area contributed by atoms with E-state index >= 15 is 0 Å². The standard InChI is InChI=1S/C15H17N7O4/c1-21-12-11(13(25)19-15(21)26)22(7-10(24)8-23)14(18-12)20-17-6-9-2-4-16-5-3-9/h2-6,10,23-24H,7-8H2,1H3,(H,18,20)(H,19,25,26)/b17-6+. The number of rotatable bonds is 6. The van der Waals surface area contributed by atoms with Crippen molar-refractivity contribution < 1.29 is 10.2 Å². The summed E-state index contributed by atoms with van der Waals surface area (Å²) < 4.78 is 2.54. The zero-order valence-electron chi connectivity index (χ0n) is 13.8. The van der Waals surface area contributed by atoms with E-state index in [4.69, 9.17) is 5.11 Å². The van der Waals surface area contributed by atoms with Gasteiger partial charge in [0.2, 0.25) is 5.95 Å². The van der Waals surface area contributed by atoms with Crippen molar-refractivity contribution in [1.82, 2.24) is 24.1 Å². The Hall–Kier alpha value is -3.31. The molecule has 0 radical (unpaired) electrons. The zero-order chi connectivity index (χ0) is 18.7. The summed E-state index contributed by atoms with van der Waals surface area (Å²) in [7, 11) is 1.46. The van der Waals surface area contributed by atoms with Crippen molar-refractivity contribution in [2.75, 3.05) is 12.0 Å². The predicted octanol–water partition coefficient (Wildman–Crippen LogP) is -1.38. The monoisotopic (exact) mass is 359 g/mol. The van der Waals surface area contributed by atoms with Crippen LogP contribution in [0.25, 0.3) is 11.2 Å². The first-order chi connectivity index (χ1) is 12.5. The van der Waals surface area contributed by atoms with Gasteiger partial charge in [-0.1, -0.05) is 0 Å². The molecule has 1 atom stereocenters. The fourth-order valence-electron chi connectivity index (χ4n) is 2.38. The molecule has 26 heavy (non-hydrogen) atoms. The van der Waals surface area contributed by atoms with Gasteiger partial charge in [0.05, 0.1) is 25.5 Å². The van der Waals surface area contributed by atoms with Gasteiger partial charge < -0.3 is 14.8 Å². The minimum Gasteiger partial charge on any atom is -0.394 e. The van der Waals surface area contributed by atoms with Gasteiger partial charge in [-0.25, -0.2) is 10.2 Å². The van der Waals surface area contributed by atoms with Crippen molar-refractivity contribution >= 4 is 23.3 Å². The average Bonchev–Trinajstić information content (AvgIpc) is 2.99. The number of aromatic nitrogens is 5. The number of hydrogen-bond donors (Lipinski definition) is 4. The Labute approximate surface area is 146 Å². The van der Waals surface area contributed by atoms with Gasteiger partial charge >= 0.3 is 5.69 Å². The fraction of sp³-hybridized carbons (Fsp3) is 0.267. The highest BCUT2D eigenvalue weighted by Gasteiger charge is 2.19. The molecule has 0 aliphatic rings. The van der Waals surface area contributed by atoms with Gasteiger partial charge in [0.15, 0.2) is 11.2 Å². The SMILES string of the molecule is Cn1c(=O)[nH]c(=O)c2c1nc(N/N=C/c1ccncc1)n2CC(O)CO. The van der Waals surface area contributed by atoms with E-state index in [1.807, 2.05) is 0 Å². The summed E-state index contributed by atoms with van der Waals surface area (Å²) in [6.07, 6.45) is 3.64. The number of aryl methyl sites for hydroxylation is 1. The van der Waals surface area contributed by atoms with Crippen molar-refractivity contribution in [3.63, 3.8) is 0 Å². The van der Waals surface area contributed by atoms with Crippen LogP contribution in [0.3, 0.4) is 0 Å². The van der Waals surface area contributed by atoms with Crippen LogP contribution in [0.4, 0.5) is 5.95 Å². The number of nitrogens with one attached hydrogen (secondary N) is 2. The highest BCUT2D eigenvalue weighted by atomic mass is 16.3. The first-order valence-electron chi connectivity index (χ1n) is 7.69. The molecule has 3 aromatic heterocycles. The van der Waals surface area contributed by atoms with Crippen LogP contribution in [0.5, 0.6) is 0 Å². The normalized spacial score (nSPS) is 12.7. The molecule has 0 bridgehead atoms. The summed E-state index contributed by atoms with van der Waals surface area (Å²) in [4.78, 5) is 34.3. The number of aromatic amines is 1. The van der Waals surface area contributed by atoms with Crippen molar-refractivity contribution in [3.8, 4) is 0 Å². The maximum atomic E-state index is 12.2. The summed E-state index contributed by atoms with van der Waals surface area (Å²) in [5.41, 5.74) is 2.44. The molecule has 3 rings (SSSR count). The maximum Gasteiger partial charge on any atom is 0.329 e. The van der Waals surface area contributed by atoms with Crippen molar-refractivity contribution in [1.29, 1.82) is 0 Å². The van der Waals surface area contributed by atoms with Crippen LogP contribution in [0, 0.1) is 0 Å². The van der Waals surface area contributed by atoms with Gasteiger partial charge in [-0.15, -0.1) is 0 Å². The summed E-state index contributed by atoms with van der Waals surface area (Å²) in [5.74, 6) is 0.143. The molecule has 1 unspecified atom stereocenters. The molecule has 0 amide bonds. The maximum absolute atomic E-state index is 12.2. The number of aliphatic hydroxyl groups is 2. The van der Waals surface area contributed by atoms with E-state index < -0.39 is 24.0 Å². The van der Waals surface area contributed by atoms with E-state index in [0.29, 0.717) is 0 Å². The van der Waals surface area contributed by atoms with Crippen LogP contribution in [0.2, 0.25) is 0 Å². The number of pyridine rings is 1. The molecule has 0 aromatic carbocycles. The summed E-state index contributed by atoms with van der Waals surface area (Å²) in [6.45, 7) is -0.607. The predicted molar refractivity (Wildman–Crippen MR) is 94.1 cm³/mol. The van der Waals surface area contributed by atoms with Crippen molar-refractivity contribution in [2.45, 2.75) is 12.6 Å². The van der Waals surface area contributed by atoms with Gasteiger partial charge in [-0.05, 0) is 17.7 Å². The molecule has 3 heterocycles. The van der Waals surface area contributed by atoms with Crippen molar-refractivity contribution in [3.05, 3.63) is 50.9 Å². The lowest BCUT2D eigenvalue weighted by Crippen LogP contribution is -2.30. The van der Waals surface area contributed by atoms with Gasteiger partial charge in [0.25, 0.3) is 5.56 Å². The number of hydrogen-bond acceptors (Lipinski definition) is 8. The zero-order valence-corrected chi connectivity index (χ0v) is 13.8. The van der Waals surface area contributed by atoms with Gasteiger partial charge in [0.1, 0.15) is 0 Å². The topological polar surface area (TPSA) is 150 Å². The second-order valence-corrected chi connectivity index (χ2v) is 5.52. The first kappa shape index (κ1) is 17.5. The molecule has 0 fully saturated rings. The largest absolute Gasteiger partial charge is 0.394 e. The Morgan fingerprint density at radius 2 is 2.12 bits per heavy atom. The molecule has 0 saturated carbocycles. The Balaban J connectivity index is 2.05. The minimum atomic E-state index is -1.12. The third kappa shape index (κ3) is 3.38. The van der Waals surface area contributed by atoms with Gasteiger partial charge in [0, 0.05) is 19.4 Å².